The Morgan fingerprint density at radius 1 is 1.33 bits per heavy atom. The number of nitrogens with zero attached hydrogens (tertiary/aromatic N) is 3. The summed E-state index contributed by atoms with van der Waals surface area (Å²) in [7, 11) is 1.22. The second-order valence-corrected chi connectivity index (χ2v) is 4.92. The summed E-state index contributed by atoms with van der Waals surface area (Å²) in [5.74, 6) is -1.02. The number of esters is 1. The first kappa shape index (κ1) is 15.4. The predicted octanol–water partition coefficient (Wildman–Crippen LogP) is 0.171. The summed E-state index contributed by atoms with van der Waals surface area (Å²) in [5, 5.41) is 6.07. The van der Waals surface area contributed by atoms with Gasteiger partial charge in [-0.25, -0.2) is 9.89 Å². The molecule has 0 saturated heterocycles. The van der Waals surface area contributed by atoms with E-state index in [1.807, 2.05) is 0 Å². The monoisotopic (exact) mass is 327 g/mol. The van der Waals surface area contributed by atoms with E-state index in [0.717, 1.165) is 0 Å². The van der Waals surface area contributed by atoms with E-state index in [1.165, 1.54) is 24.2 Å². The van der Waals surface area contributed by atoms with Gasteiger partial charge in [-0.1, -0.05) is 6.07 Å². The third-order valence-corrected chi connectivity index (χ3v) is 3.29. The quantitative estimate of drug-likeness (QED) is 0.659. The van der Waals surface area contributed by atoms with Crippen molar-refractivity contribution in [3.8, 4) is 11.3 Å². The normalized spacial score (nSPS) is 10.5. The number of hydrogen-bond donors (Lipinski definition) is 2. The van der Waals surface area contributed by atoms with Crippen molar-refractivity contribution in [2.45, 2.75) is 6.42 Å². The molecule has 2 aliphatic rings. The molecule has 1 amide bonds. The van der Waals surface area contributed by atoms with Crippen LogP contribution in [0, 0.1) is 0 Å². The first-order valence-electron chi connectivity index (χ1n) is 6.97. The van der Waals surface area contributed by atoms with Crippen LogP contribution >= 0.6 is 0 Å². The Bertz CT molecular complexity index is 915. The number of aromatic amines is 1. The van der Waals surface area contributed by atoms with Crippen LogP contribution in [-0.2, 0) is 16.0 Å². The molecule has 3 heterocycles. The van der Waals surface area contributed by atoms with Gasteiger partial charge >= 0.3 is 5.97 Å². The maximum atomic E-state index is 12.1. The number of nitrogens with one attached hydrogen (secondary N) is 2. The molecule has 9 nitrogen and oxygen atoms in total. The van der Waals surface area contributed by atoms with E-state index in [4.69, 9.17) is 0 Å². The van der Waals surface area contributed by atoms with Gasteiger partial charge in [-0.2, -0.15) is 5.10 Å². The van der Waals surface area contributed by atoms with E-state index in [9.17, 15) is 14.4 Å². The lowest BCUT2D eigenvalue weighted by molar-refractivity contribution is -0.116. The minimum atomic E-state index is -0.667. The largest absolute Gasteiger partial charge is 0.465 e. The van der Waals surface area contributed by atoms with Crippen molar-refractivity contribution >= 4 is 11.9 Å². The molecule has 1 aromatic heterocycles. The summed E-state index contributed by atoms with van der Waals surface area (Å²) < 4.78 is 5.91. The molecular formula is C15H13N5O4. The van der Waals surface area contributed by atoms with Gasteiger partial charge in [0.25, 0.3) is 5.56 Å². The molecule has 9 heteroatoms. The fraction of sp³-hybridized carbons (Fsp3) is 0.133. The number of H-pyrrole nitrogens is 1. The summed E-state index contributed by atoms with van der Waals surface area (Å²) >= 11 is 0. The van der Waals surface area contributed by atoms with Crippen molar-refractivity contribution in [3.63, 3.8) is 0 Å². The fourth-order valence-electron chi connectivity index (χ4n) is 2.21. The van der Waals surface area contributed by atoms with E-state index in [0.29, 0.717) is 5.69 Å². The lowest BCUT2D eigenvalue weighted by Crippen LogP contribution is -2.26. The van der Waals surface area contributed by atoms with Crippen LogP contribution in [0.2, 0.25) is 0 Å². The second-order valence-electron chi connectivity index (χ2n) is 4.92. The summed E-state index contributed by atoms with van der Waals surface area (Å²) in [6, 6.07) is 5.25. The number of rotatable bonds is 4. The van der Waals surface area contributed by atoms with Crippen molar-refractivity contribution in [1.29, 1.82) is 0 Å². The lowest BCUT2D eigenvalue weighted by atomic mass is 10.1. The minimum absolute atomic E-state index is 0.0506. The second kappa shape index (κ2) is 6.32. The van der Waals surface area contributed by atoms with Crippen LogP contribution in [-0.4, -0.2) is 38.8 Å². The molecule has 3 rings (SSSR count). The van der Waals surface area contributed by atoms with E-state index < -0.39 is 11.5 Å². The number of aromatic nitrogens is 4. The van der Waals surface area contributed by atoms with Crippen LogP contribution in [0.4, 0.5) is 0 Å². The van der Waals surface area contributed by atoms with E-state index in [2.05, 4.69) is 25.3 Å². The average molecular weight is 327 g/mol. The van der Waals surface area contributed by atoms with Crippen molar-refractivity contribution in [2.24, 2.45) is 0 Å². The van der Waals surface area contributed by atoms with Crippen LogP contribution in [0.25, 0.3) is 11.3 Å². The molecule has 0 bridgehead atoms. The molecule has 0 aromatic carbocycles. The molecule has 0 aliphatic carbocycles. The number of carbonyl (C=O) groups is 2. The maximum Gasteiger partial charge on any atom is 0.341 e. The van der Waals surface area contributed by atoms with Crippen LogP contribution in [0.5, 0.6) is 0 Å². The SMILES string of the molecule is COC(=O)c1cn(NC(=O)Cc2ccccn2)cc2c(=O)[nH]nc1-2. The third-order valence-electron chi connectivity index (χ3n) is 3.29. The number of carbonyl (C=O) groups excluding carboxylic acids is 2. The molecule has 0 radical (unpaired) electrons. The lowest BCUT2D eigenvalue weighted by Gasteiger charge is -2.12. The van der Waals surface area contributed by atoms with Crippen molar-refractivity contribution < 1.29 is 14.3 Å². The first-order valence-corrected chi connectivity index (χ1v) is 6.97. The van der Waals surface area contributed by atoms with Gasteiger partial charge in [0.2, 0.25) is 5.91 Å². The third kappa shape index (κ3) is 3.00. The molecule has 0 spiro atoms. The van der Waals surface area contributed by atoms with Gasteiger partial charge in [0.15, 0.2) is 0 Å². The predicted molar refractivity (Wildman–Crippen MR) is 83.1 cm³/mol. The number of methoxy groups -OCH3 is 1. The minimum Gasteiger partial charge on any atom is -0.465 e. The number of ether oxygens (including phenoxy) is 1. The maximum absolute atomic E-state index is 12.1. The zero-order valence-corrected chi connectivity index (χ0v) is 12.6. The molecule has 122 valence electrons. The Morgan fingerprint density at radius 3 is 2.88 bits per heavy atom. The van der Waals surface area contributed by atoms with Crippen molar-refractivity contribution in [1.82, 2.24) is 19.9 Å². The van der Waals surface area contributed by atoms with Gasteiger partial charge in [-0.15, -0.1) is 0 Å². The van der Waals surface area contributed by atoms with Crippen LogP contribution in [0.15, 0.2) is 41.6 Å². The van der Waals surface area contributed by atoms with Crippen LogP contribution in [0.3, 0.4) is 0 Å². The van der Waals surface area contributed by atoms with Gasteiger partial charge in [0.1, 0.15) is 11.3 Å². The number of amides is 1. The Morgan fingerprint density at radius 2 is 2.17 bits per heavy atom. The standard InChI is InChI=1S/C15H13N5O4/c1-24-15(23)11-8-20(7-10-13(11)17-18-14(10)22)19-12(21)6-9-4-2-3-5-16-9/h2-5,7-8H,6H2,1H3,(H,18,22)(H,19,21). The topological polar surface area (TPSA) is 119 Å². The zero-order valence-electron chi connectivity index (χ0n) is 12.6. The summed E-state index contributed by atoms with van der Waals surface area (Å²) in [6.45, 7) is 0. The zero-order chi connectivity index (χ0) is 17.1. The van der Waals surface area contributed by atoms with Gasteiger partial charge < -0.3 is 4.74 Å². The van der Waals surface area contributed by atoms with E-state index in [1.54, 1.807) is 24.4 Å². The molecule has 2 N–H and O–H groups in total. The summed E-state index contributed by atoms with van der Waals surface area (Å²) in [4.78, 5) is 39.8. The molecule has 1 aromatic rings. The highest BCUT2D eigenvalue weighted by Crippen LogP contribution is 2.19. The van der Waals surface area contributed by atoms with Crippen LogP contribution < -0.4 is 11.0 Å². The number of hydrogen-bond acceptors (Lipinski definition) is 6. The van der Waals surface area contributed by atoms with Gasteiger partial charge in [0, 0.05) is 24.3 Å². The molecule has 2 aliphatic heterocycles. The smallest absolute Gasteiger partial charge is 0.341 e. The Labute approximate surface area is 135 Å². The Kier molecular flexibility index (Phi) is 4.06. The summed E-state index contributed by atoms with van der Waals surface area (Å²) in [6.07, 6.45) is 4.36. The van der Waals surface area contributed by atoms with Crippen molar-refractivity contribution in [3.05, 3.63) is 58.4 Å². The highest BCUT2D eigenvalue weighted by molar-refractivity contribution is 5.96. The molecule has 24 heavy (non-hydrogen) atoms. The molecule has 0 fully saturated rings. The highest BCUT2D eigenvalue weighted by atomic mass is 16.5. The van der Waals surface area contributed by atoms with Gasteiger partial charge in [-0.05, 0) is 12.1 Å². The van der Waals surface area contributed by atoms with Crippen LogP contribution in [0.1, 0.15) is 16.1 Å². The molecule has 0 unspecified atom stereocenters. The molecule has 0 atom stereocenters. The molecular weight excluding hydrogens is 314 g/mol. The van der Waals surface area contributed by atoms with Crippen molar-refractivity contribution in [2.75, 3.05) is 12.5 Å². The Hall–Kier alpha value is -3.49. The number of pyridine rings is 2. The Balaban J connectivity index is 1.90. The summed E-state index contributed by atoms with van der Waals surface area (Å²) in [5.41, 5.74) is 3.10. The molecule has 0 saturated carbocycles. The highest BCUT2D eigenvalue weighted by Gasteiger charge is 2.22. The fourth-order valence-corrected chi connectivity index (χ4v) is 2.21. The van der Waals surface area contributed by atoms with E-state index >= 15 is 0 Å². The average Bonchev–Trinajstić information content (AvgIpc) is 2.95. The first-order chi connectivity index (χ1) is 11.6. The van der Waals surface area contributed by atoms with Gasteiger partial charge in [0.05, 0.1) is 19.1 Å². The van der Waals surface area contributed by atoms with E-state index in [-0.39, 0.29) is 29.1 Å². The van der Waals surface area contributed by atoms with Gasteiger partial charge in [-0.3, -0.25) is 24.7 Å². The number of fused-ring (bicyclic) bond motifs is 1.